The van der Waals surface area contributed by atoms with Gasteiger partial charge in [-0.2, -0.15) is 17.9 Å². The largest absolute Gasteiger partial charge is 0.416 e. The van der Waals surface area contributed by atoms with Crippen molar-refractivity contribution in [3.8, 4) is 0 Å². The lowest BCUT2D eigenvalue weighted by Crippen LogP contribution is -2.34. The molecule has 3 aromatic rings. The molecule has 0 N–H and O–H groups in total. The number of alkyl halides is 3. The van der Waals surface area contributed by atoms with Gasteiger partial charge < -0.3 is 9.74 Å². The highest BCUT2D eigenvalue weighted by molar-refractivity contribution is 5.74. The van der Waals surface area contributed by atoms with Gasteiger partial charge in [0, 0.05) is 6.54 Å². The van der Waals surface area contributed by atoms with E-state index in [0.29, 0.717) is 6.61 Å². The van der Waals surface area contributed by atoms with Crippen LogP contribution in [-0.2, 0) is 6.18 Å². The van der Waals surface area contributed by atoms with Gasteiger partial charge in [-0.3, -0.25) is 0 Å². The molecule has 1 fully saturated rings. The van der Waals surface area contributed by atoms with Crippen molar-refractivity contribution < 1.29 is 18.0 Å². The minimum Gasteiger partial charge on any atom is -0.412 e. The molecule has 0 radical (unpaired) electrons. The third kappa shape index (κ3) is 4.72. The van der Waals surface area contributed by atoms with Crippen molar-refractivity contribution in [3.05, 3.63) is 66.0 Å². The zero-order chi connectivity index (χ0) is 20.3. The lowest BCUT2D eigenvalue weighted by molar-refractivity contribution is -0.137. The van der Waals surface area contributed by atoms with Crippen LogP contribution in [0.5, 0.6) is 0 Å². The quantitative estimate of drug-likeness (QED) is 0.557. The number of piperidine rings is 1. The Morgan fingerprint density at radius 2 is 1.83 bits per heavy atom. The maximum atomic E-state index is 12.9. The molecule has 29 heavy (non-hydrogen) atoms. The fraction of sp³-hybridized carbons (Fsp3) is 0.409. The van der Waals surface area contributed by atoms with E-state index in [1.54, 1.807) is 11.1 Å². The van der Waals surface area contributed by atoms with E-state index in [4.69, 9.17) is 4.84 Å². The summed E-state index contributed by atoms with van der Waals surface area (Å²) in [5.74, 6) is 0.196. The first-order valence-electron chi connectivity index (χ1n) is 9.95. The van der Waals surface area contributed by atoms with Gasteiger partial charge in [0.15, 0.2) is 0 Å². The van der Waals surface area contributed by atoms with E-state index >= 15 is 0 Å². The first-order chi connectivity index (χ1) is 14.0. The molecule has 1 aromatic heterocycles. The van der Waals surface area contributed by atoms with Gasteiger partial charge in [-0.1, -0.05) is 30.3 Å². The number of aromatic nitrogens is 2. The molecule has 2 aromatic carbocycles. The van der Waals surface area contributed by atoms with E-state index in [-0.39, 0.29) is 5.92 Å². The third-order valence-electron chi connectivity index (χ3n) is 5.54. The minimum atomic E-state index is -4.28. The summed E-state index contributed by atoms with van der Waals surface area (Å²) in [6, 6.07) is 13.6. The first kappa shape index (κ1) is 19.8. The first-order valence-corrected chi connectivity index (χ1v) is 9.95. The van der Waals surface area contributed by atoms with Gasteiger partial charge in [0.05, 0.1) is 11.1 Å². The van der Waals surface area contributed by atoms with Crippen molar-refractivity contribution in [2.24, 2.45) is 0 Å². The molecule has 0 aliphatic carbocycles. The number of benzene rings is 2. The molecule has 4 nitrogen and oxygen atoms in total. The topological polar surface area (TPSA) is 30.3 Å². The van der Waals surface area contributed by atoms with Gasteiger partial charge in [0.1, 0.15) is 18.5 Å². The number of hydrogen-bond acceptors (Lipinski definition) is 3. The molecule has 0 amide bonds. The van der Waals surface area contributed by atoms with Crippen LogP contribution in [0.1, 0.15) is 36.3 Å². The number of para-hydroxylation sites is 2. The molecule has 2 heterocycles. The Labute approximate surface area is 167 Å². The van der Waals surface area contributed by atoms with E-state index in [1.165, 1.54) is 12.1 Å². The smallest absolute Gasteiger partial charge is 0.412 e. The lowest BCUT2D eigenvalue weighted by atomic mass is 9.88. The number of imidazole rings is 1. The number of hydrogen-bond donors (Lipinski definition) is 0. The van der Waals surface area contributed by atoms with Crippen LogP contribution in [0.3, 0.4) is 0 Å². The Balaban J connectivity index is 1.22. The average Bonchev–Trinajstić information content (AvgIpc) is 3.14. The fourth-order valence-electron chi connectivity index (χ4n) is 3.95. The summed E-state index contributed by atoms with van der Waals surface area (Å²) in [5.41, 5.74) is 2.11. The normalized spacial score (nSPS) is 16.4. The van der Waals surface area contributed by atoms with E-state index < -0.39 is 11.7 Å². The highest BCUT2D eigenvalue weighted by Crippen LogP contribution is 2.34. The highest BCUT2D eigenvalue weighted by Gasteiger charge is 2.31. The van der Waals surface area contributed by atoms with E-state index in [1.807, 2.05) is 30.3 Å². The van der Waals surface area contributed by atoms with Gasteiger partial charge in [0.25, 0.3) is 0 Å². The zero-order valence-corrected chi connectivity index (χ0v) is 16.1. The van der Waals surface area contributed by atoms with Crippen molar-refractivity contribution in [3.63, 3.8) is 0 Å². The molecule has 0 atom stereocenters. The second-order valence-corrected chi connectivity index (χ2v) is 7.48. The van der Waals surface area contributed by atoms with Crippen LogP contribution >= 0.6 is 0 Å². The number of likely N-dealkylation sites (tertiary alicyclic amines) is 1. The maximum Gasteiger partial charge on any atom is 0.416 e. The standard InChI is InChI=1S/C22H24F3N3O/c23-22(24,25)19-6-3-5-18(15-19)17-9-12-27(13-10-17)11-4-14-29-28-16-26-20-7-1-2-8-21(20)28/h1-3,5-8,15-17H,4,9-14H2. The molecule has 1 aliphatic rings. The van der Waals surface area contributed by atoms with Crippen molar-refractivity contribution >= 4 is 11.0 Å². The van der Waals surface area contributed by atoms with Crippen molar-refractivity contribution in [1.82, 2.24) is 14.6 Å². The summed E-state index contributed by atoms with van der Waals surface area (Å²) < 4.78 is 40.5. The summed E-state index contributed by atoms with van der Waals surface area (Å²) in [4.78, 5) is 12.5. The summed E-state index contributed by atoms with van der Waals surface area (Å²) in [5, 5.41) is 0. The fourth-order valence-corrected chi connectivity index (χ4v) is 3.95. The van der Waals surface area contributed by atoms with Crippen molar-refractivity contribution in [2.75, 3.05) is 26.2 Å². The predicted molar refractivity (Wildman–Crippen MR) is 106 cm³/mol. The Hall–Kier alpha value is -2.54. The predicted octanol–water partition coefficient (Wildman–Crippen LogP) is 4.75. The van der Waals surface area contributed by atoms with Crippen LogP contribution in [0.15, 0.2) is 54.9 Å². The van der Waals surface area contributed by atoms with Crippen LogP contribution in [0, 0.1) is 0 Å². The van der Waals surface area contributed by atoms with Crippen LogP contribution in [0.2, 0.25) is 0 Å². The van der Waals surface area contributed by atoms with Crippen molar-refractivity contribution in [1.29, 1.82) is 0 Å². The Morgan fingerprint density at radius 1 is 1.03 bits per heavy atom. The average molecular weight is 403 g/mol. The Morgan fingerprint density at radius 3 is 2.62 bits per heavy atom. The molecule has 7 heteroatoms. The lowest BCUT2D eigenvalue weighted by Gasteiger charge is -2.32. The molecule has 1 saturated heterocycles. The summed E-state index contributed by atoms with van der Waals surface area (Å²) >= 11 is 0. The molecule has 0 bridgehead atoms. The van der Waals surface area contributed by atoms with Crippen molar-refractivity contribution in [2.45, 2.75) is 31.4 Å². The third-order valence-corrected chi connectivity index (χ3v) is 5.54. The molecule has 0 saturated carbocycles. The molecule has 154 valence electrons. The number of rotatable bonds is 6. The number of fused-ring (bicyclic) bond motifs is 1. The van der Waals surface area contributed by atoms with E-state index in [9.17, 15) is 13.2 Å². The van der Waals surface area contributed by atoms with Gasteiger partial charge in [-0.25, -0.2) is 4.98 Å². The minimum absolute atomic E-state index is 0.196. The second-order valence-electron chi connectivity index (χ2n) is 7.48. The monoisotopic (exact) mass is 403 g/mol. The van der Waals surface area contributed by atoms with Crippen LogP contribution < -0.4 is 4.84 Å². The van der Waals surface area contributed by atoms with Crippen LogP contribution in [0.4, 0.5) is 13.2 Å². The molecular formula is C22H24F3N3O. The van der Waals surface area contributed by atoms with E-state index in [0.717, 1.165) is 61.6 Å². The van der Waals surface area contributed by atoms with Crippen LogP contribution in [0.25, 0.3) is 11.0 Å². The van der Waals surface area contributed by atoms with Gasteiger partial charge in [-0.15, -0.1) is 0 Å². The van der Waals surface area contributed by atoms with Gasteiger partial charge in [-0.05, 0) is 62.0 Å². The van der Waals surface area contributed by atoms with Crippen LogP contribution in [-0.4, -0.2) is 40.9 Å². The molecule has 0 spiro atoms. The Kier molecular flexibility index (Phi) is 5.76. The summed E-state index contributed by atoms with van der Waals surface area (Å²) in [6.07, 6.45) is 0.0614. The summed E-state index contributed by atoms with van der Waals surface area (Å²) in [6.45, 7) is 3.31. The molecular weight excluding hydrogens is 379 g/mol. The maximum absolute atomic E-state index is 12.9. The highest BCUT2D eigenvalue weighted by atomic mass is 19.4. The van der Waals surface area contributed by atoms with E-state index in [2.05, 4.69) is 9.88 Å². The molecule has 1 aliphatic heterocycles. The van der Waals surface area contributed by atoms with Gasteiger partial charge >= 0.3 is 6.18 Å². The Bertz CT molecular complexity index is 946. The van der Waals surface area contributed by atoms with Gasteiger partial charge in [0.2, 0.25) is 0 Å². The number of nitrogens with zero attached hydrogens (tertiary/aromatic N) is 3. The number of halogens is 3. The summed E-state index contributed by atoms with van der Waals surface area (Å²) in [7, 11) is 0. The molecule has 4 rings (SSSR count). The SMILES string of the molecule is FC(F)(F)c1cccc(C2CCN(CCCOn3cnc4ccccc43)CC2)c1. The second kappa shape index (κ2) is 8.45. The molecule has 0 unspecified atom stereocenters. The zero-order valence-electron chi connectivity index (χ0n) is 16.1.